The molecule has 0 aliphatic rings. The van der Waals surface area contributed by atoms with Crippen LogP contribution in [0.4, 0.5) is 0 Å². The maximum atomic E-state index is 11.3. The normalized spacial score (nSPS) is 12.5. The molecule has 0 bridgehead atoms. The lowest BCUT2D eigenvalue weighted by Gasteiger charge is -2.12. The summed E-state index contributed by atoms with van der Waals surface area (Å²) in [5.41, 5.74) is 0.303. The summed E-state index contributed by atoms with van der Waals surface area (Å²) < 4.78 is 7.48. The first-order valence-corrected chi connectivity index (χ1v) is 4.70. The summed E-state index contributed by atoms with van der Waals surface area (Å²) in [6, 6.07) is -0.200. The van der Waals surface area contributed by atoms with Crippen LogP contribution in [0.5, 0.6) is 0 Å². The van der Waals surface area contributed by atoms with Crippen LogP contribution in [0.25, 0.3) is 0 Å². The van der Waals surface area contributed by atoms with Crippen molar-refractivity contribution in [3.8, 4) is 0 Å². The molecule has 6 heteroatoms. The number of hydrogen-bond donors (Lipinski definition) is 2. The Hall–Kier alpha value is -1.01. The van der Waals surface area contributed by atoms with E-state index in [0.717, 1.165) is 11.7 Å². The largest absolute Gasteiger partial charge is 0.394 e. The SMILES string of the molecule is CCC(CO)NC(=O)c1cnsn1. The number of amides is 1. The van der Waals surface area contributed by atoms with Gasteiger partial charge in [0, 0.05) is 0 Å². The van der Waals surface area contributed by atoms with E-state index in [4.69, 9.17) is 5.11 Å². The Morgan fingerprint density at radius 2 is 2.62 bits per heavy atom. The van der Waals surface area contributed by atoms with E-state index >= 15 is 0 Å². The molecular formula is C7H11N3O2S. The molecule has 1 atom stereocenters. The van der Waals surface area contributed by atoms with Crippen molar-refractivity contribution < 1.29 is 9.90 Å². The van der Waals surface area contributed by atoms with Gasteiger partial charge < -0.3 is 10.4 Å². The minimum absolute atomic E-state index is 0.0557. The summed E-state index contributed by atoms with van der Waals surface area (Å²) in [7, 11) is 0. The summed E-state index contributed by atoms with van der Waals surface area (Å²) in [5.74, 6) is -0.283. The highest BCUT2D eigenvalue weighted by atomic mass is 32.1. The van der Waals surface area contributed by atoms with Crippen LogP contribution in [0, 0.1) is 0 Å². The van der Waals surface area contributed by atoms with E-state index in [1.807, 2.05) is 6.92 Å². The summed E-state index contributed by atoms with van der Waals surface area (Å²) in [6.07, 6.45) is 2.10. The molecule has 0 radical (unpaired) electrons. The number of rotatable bonds is 4. The van der Waals surface area contributed by atoms with Crippen LogP contribution in [0.2, 0.25) is 0 Å². The van der Waals surface area contributed by atoms with Gasteiger partial charge in [0.2, 0.25) is 0 Å². The zero-order chi connectivity index (χ0) is 9.68. The molecule has 0 aromatic carbocycles. The first-order chi connectivity index (χ1) is 6.27. The topological polar surface area (TPSA) is 75.1 Å². The molecule has 1 aromatic heterocycles. The minimum Gasteiger partial charge on any atom is -0.394 e. The highest BCUT2D eigenvalue weighted by Crippen LogP contribution is 1.97. The summed E-state index contributed by atoms with van der Waals surface area (Å²) in [6.45, 7) is 1.83. The monoisotopic (exact) mass is 201 g/mol. The molecule has 0 saturated heterocycles. The molecule has 1 unspecified atom stereocenters. The highest BCUT2D eigenvalue weighted by Gasteiger charge is 2.12. The first kappa shape index (κ1) is 10.1. The summed E-state index contributed by atoms with van der Waals surface area (Å²) >= 11 is 0.987. The molecule has 0 saturated carbocycles. The number of nitrogens with zero attached hydrogens (tertiary/aromatic N) is 2. The molecule has 0 spiro atoms. The predicted molar refractivity (Wildman–Crippen MR) is 48.5 cm³/mol. The van der Waals surface area contributed by atoms with Crippen LogP contribution in [0.15, 0.2) is 6.20 Å². The molecule has 1 rings (SSSR count). The average Bonchev–Trinajstić information content (AvgIpc) is 2.66. The predicted octanol–water partition coefficient (Wildman–Crippen LogP) is 0.0388. The smallest absolute Gasteiger partial charge is 0.272 e. The fourth-order valence-electron chi connectivity index (χ4n) is 0.801. The number of aliphatic hydroxyl groups excluding tert-OH is 1. The molecule has 0 aliphatic carbocycles. The van der Waals surface area contributed by atoms with Gasteiger partial charge >= 0.3 is 0 Å². The van der Waals surface area contributed by atoms with Crippen molar-refractivity contribution in [2.45, 2.75) is 19.4 Å². The van der Waals surface area contributed by atoms with E-state index in [0.29, 0.717) is 12.1 Å². The molecule has 1 aromatic rings. The molecule has 0 fully saturated rings. The van der Waals surface area contributed by atoms with Crippen molar-refractivity contribution in [3.05, 3.63) is 11.9 Å². The van der Waals surface area contributed by atoms with Gasteiger partial charge in [0.15, 0.2) is 5.69 Å². The molecule has 72 valence electrons. The molecule has 13 heavy (non-hydrogen) atoms. The van der Waals surface area contributed by atoms with E-state index in [-0.39, 0.29) is 18.6 Å². The fourth-order valence-corrected chi connectivity index (χ4v) is 1.21. The van der Waals surface area contributed by atoms with Crippen LogP contribution in [-0.4, -0.2) is 32.4 Å². The Balaban J connectivity index is 2.50. The van der Waals surface area contributed by atoms with Crippen molar-refractivity contribution in [1.29, 1.82) is 0 Å². The van der Waals surface area contributed by atoms with Gasteiger partial charge in [-0.15, -0.1) is 0 Å². The van der Waals surface area contributed by atoms with Gasteiger partial charge in [-0.25, -0.2) is 0 Å². The van der Waals surface area contributed by atoms with E-state index in [2.05, 4.69) is 14.1 Å². The maximum absolute atomic E-state index is 11.3. The number of aliphatic hydroxyl groups is 1. The fraction of sp³-hybridized carbons (Fsp3) is 0.571. The Labute approximate surface area is 80.1 Å². The summed E-state index contributed by atoms with van der Waals surface area (Å²) in [5, 5.41) is 11.5. The van der Waals surface area contributed by atoms with Crippen LogP contribution in [0.1, 0.15) is 23.8 Å². The number of carbonyl (C=O) groups excluding carboxylic acids is 1. The van der Waals surface area contributed by atoms with Crippen LogP contribution in [0.3, 0.4) is 0 Å². The lowest BCUT2D eigenvalue weighted by molar-refractivity contribution is 0.0911. The number of carbonyl (C=O) groups is 1. The minimum atomic E-state index is -0.283. The number of hydrogen-bond acceptors (Lipinski definition) is 5. The van der Waals surface area contributed by atoms with Gasteiger partial charge in [0.1, 0.15) is 0 Å². The molecular weight excluding hydrogens is 190 g/mol. The van der Waals surface area contributed by atoms with E-state index < -0.39 is 0 Å². The van der Waals surface area contributed by atoms with Gasteiger partial charge in [-0.05, 0) is 6.42 Å². The Kier molecular flexibility index (Phi) is 3.78. The van der Waals surface area contributed by atoms with Crippen LogP contribution in [-0.2, 0) is 0 Å². The molecule has 5 nitrogen and oxygen atoms in total. The van der Waals surface area contributed by atoms with Gasteiger partial charge in [-0.3, -0.25) is 4.79 Å². The first-order valence-electron chi connectivity index (χ1n) is 3.97. The molecule has 1 amide bonds. The maximum Gasteiger partial charge on any atom is 0.272 e. The van der Waals surface area contributed by atoms with Crippen LogP contribution < -0.4 is 5.32 Å². The van der Waals surface area contributed by atoms with Gasteiger partial charge in [-0.2, -0.15) is 8.75 Å². The lowest BCUT2D eigenvalue weighted by Crippen LogP contribution is -2.37. The second kappa shape index (κ2) is 4.88. The van der Waals surface area contributed by atoms with Crippen LogP contribution >= 0.6 is 11.7 Å². The van der Waals surface area contributed by atoms with Crippen molar-refractivity contribution in [1.82, 2.24) is 14.1 Å². The second-order valence-electron chi connectivity index (χ2n) is 2.55. The van der Waals surface area contributed by atoms with Crippen molar-refractivity contribution in [2.24, 2.45) is 0 Å². The van der Waals surface area contributed by atoms with E-state index in [1.165, 1.54) is 6.20 Å². The standard InChI is InChI=1S/C7H11N3O2S/c1-2-5(4-11)9-7(12)6-3-8-13-10-6/h3,5,11H,2,4H2,1H3,(H,9,12). The quantitative estimate of drug-likeness (QED) is 0.721. The molecule has 0 aliphatic heterocycles. The summed E-state index contributed by atoms with van der Waals surface area (Å²) in [4.78, 5) is 11.3. The number of nitrogens with one attached hydrogen (secondary N) is 1. The second-order valence-corrected chi connectivity index (χ2v) is 3.11. The Bertz CT molecular complexity index is 259. The highest BCUT2D eigenvalue weighted by molar-refractivity contribution is 6.99. The molecule has 2 N–H and O–H groups in total. The third-order valence-corrected chi connectivity index (χ3v) is 2.12. The van der Waals surface area contributed by atoms with Crippen molar-refractivity contribution in [2.75, 3.05) is 6.61 Å². The number of aromatic nitrogens is 2. The van der Waals surface area contributed by atoms with Gasteiger partial charge in [0.25, 0.3) is 5.91 Å². The molecule has 1 heterocycles. The van der Waals surface area contributed by atoms with Gasteiger partial charge in [0.05, 0.1) is 30.6 Å². The Morgan fingerprint density at radius 3 is 3.08 bits per heavy atom. The van der Waals surface area contributed by atoms with Crippen molar-refractivity contribution >= 4 is 17.6 Å². The third-order valence-electron chi connectivity index (χ3n) is 1.64. The zero-order valence-electron chi connectivity index (χ0n) is 7.23. The van der Waals surface area contributed by atoms with E-state index in [1.54, 1.807) is 0 Å². The Morgan fingerprint density at radius 1 is 1.85 bits per heavy atom. The lowest BCUT2D eigenvalue weighted by atomic mass is 10.2. The van der Waals surface area contributed by atoms with Crippen molar-refractivity contribution in [3.63, 3.8) is 0 Å². The van der Waals surface area contributed by atoms with E-state index in [9.17, 15) is 4.79 Å². The van der Waals surface area contributed by atoms with Gasteiger partial charge in [-0.1, -0.05) is 6.92 Å². The third kappa shape index (κ3) is 2.74. The zero-order valence-corrected chi connectivity index (χ0v) is 8.04. The average molecular weight is 201 g/mol.